The standard InChI is InChI=1S/C12H13F6N3O/c13-8(14)3-6(11(22)21-4-12(16,17)18)5-1-2-7(19)10(20)9(5)15/h1-2,6,8H,3-4,19-20H2,(H,21,22)/t6-/m1/s1. The van der Waals surface area contributed by atoms with Gasteiger partial charge in [-0.1, -0.05) is 6.07 Å². The van der Waals surface area contributed by atoms with E-state index in [1.165, 1.54) is 5.32 Å². The zero-order valence-corrected chi connectivity index (χ0v) is 11.1. The van der Waals surface area contributed by atoms with Gasteiger partial charge in [0.25, 0.3) is 0 Å². The number of alkyl halides is 5. The molecule has 0 heterocycles. The molecule has 1 atom stereocenters. The fourth-order valence-electron chi connectivity index (χ4n) is 1.76. The highest BCUT2D eigenvalue weighted by Crippen LogP contribution is 2.31. The van der Waals surface area contributed by atoms with Gasteiger partial charge in [0, 0.05) is 12.0 Å². The third-order valence-corrected chi connectivity index (χ3v) is 2.81. The van der Waals surface area contributed by atoms with Crippen molar-refractivity contribution in [3.63, 3.8) is 0 Å². The number of hydrogen-bond acceptors (Lipinski definition) is 3. The summed E-state index contributed by atoms with van der Waals surface area (Å²) in [7, 11) is 0. The Labute approximate surface area is 121 Å². The first kappa shape index (κ1) is 17.9. The lowest BCUT2D eigenvalue weighted by molar-refractivity contribution is -0.139. The second-order valence-electron chi connectivity index (χ2n) is 4.48. The lowest BCUT2D eigenvalue weighted by Gasteiger charge is -2.19. The molecule has 0 aliphatic heterocycles. The minimum Gasteiger partial charge on any atom is -0.397 e. The van der Waals surface area contributed by atoms with E-state index in [9.17, 15) is 31.1 Å². The minimum absolute atomic E-state index is 0.173. The molecule has 124 valence electrons. The van der Waals surface area contributed by atoms with Gasteiger partial charge in [-0.25, -0.2) is 13.2 Å². The third-order valence-electron chi connectivity index (χ3n) is 2.81. The summed E-state index contributed by atoms with van der Waals surface area (Å²) >= 11 is 0. The third kappa shape index (κ3) is 4.71. The molecule has 22 heavy (non-hydrogen) atoms. The van der Waals surface area contributed by atoms with Crippen LogP contribution in [-0.4, -0.2) is 25.1 Å². The van der Waals surface area contributed by atoms with Gasteiger partial charge in [-0.15, -0.1) is 0 Å². The molecule has 0 aromatic heterocycles. The van der Waals surface area contributed by atoms with Gasteiger partial charge in [-0.2, -0.15) is 13.2 Å². The largest absolute Gasteiger partial charge is 0.405 e. The highest BCUT2D eigenvalue weighted by molar-refractivity contribution is 5.84. The number of hydrogen-bond donors (Lipinski definition) is 3. The molecule has 0 fully saturated rings. The summed E-state index contributed by atoms with van der Waals surface area (Å²) in [4.78, 5) is 11.7. The number of carbonyl (C=O) groups is 1. The number of halogens is 6. The first-order valence-electron chi connectivity index (χ1n) is 5.99. The fourth-order valence-corrected chi connectivity index (χ4v) is 1.76. The zero-order chi connectivity index (χ0) is 17.1. The summed E-state index contributed by atoms with van der Waals surface area (Å²) in [5.41, 5.74) is 9.35. The average Bonchev–Trinajstić information content (AvgIpc) is 2.39. The highest BCUT2D eigenvalue weighted by atomic mass is 19.4. The Morgan fingerprint density at radius 3 is 2.32 bits per heavy atom. The molecule has 4 nitrogen and oxygen atoms in total. The molecular formula is C12H13F6N3O. The van der Waals surface area contributed by atoms with E-state index in [0.29, 0.717) is 0 Å². The SMILES string of the molecule is Nc1ccc([C@@H](CC(F)F)C(=O)NCC(F)(F)F)c(F)c1N. The van der Waals surface area contributed by atoms with E-state index < -0.39 is 54.5 Å². The van der Waals surface area contributed by atoms with Crippen LogP contribution < -0.4 is 16.8 Å². The van der Waals surface area contributed by atoms with E-state index in [1.807, 2.05) is 0 Å². The second-order valence-corrected chi connectivity index (χ2v) is 4.48. The molecule has 0 aliphatic carbocycles. The molecule has 0 saturated carbocycles. The number of amides is 1. The van der Waals surface area contributed by atoms with E-state index in [1.54, 1.807) is 0 Å². The number of nitrogens with two attached hydrogens (primary N) is 2. The van der Waals surface area contributed by atoms with Crippen molar-refractivity contribution in [3.05, 3.63) is 23.5 Å². The Kier molecular flexibility index (Phi) is 5.50. The topological polar surface area (TPSA) is 81.1 Å². The Morgan fingerprint density at radius 2 is 1.82 bits per heavy atom. The van der Waals surface area contributed by atoms with Crippen molar-refractivity contribution < 1.29 is 31.1 Å². The predicted molar refractivity (Wildman–Crippen MR) is 67.7 cm³/mol. The number of nitrogen functional groups attached to an aromatic ring is 2. The number of carbonyl (C=O) groups excluding carboxylic acids is 1. The maximum atomic E-state index is 13.9. The molecule has 1 aromatic carbocycles. The van der Waals surface area contributed by atoms with Crippen LogP contribution >= 0.6 is 0 Å². The fraction of sp³-hybridized carbons (Fsp3) is 0.417. The number of anilines is 2. The maximum absolute atomic E-state index is 13.9. The molecule has 0 saturated heterocycles. The van der Waals surface area contributed by atoms with Crippen molar-refractivity contribution >= 4 is 17.3 Å². The number of nitrogens with one attached hydrogen (secondary N) is 1. The van der Waals surface area contributed by atoms with E-state index in [-0.39, 0.29) is 5.69 Å². The second kappa shape index (κ2) is 6.75. The average molecular weight is 329 g/mol. The summed E-state index contributed by atoms with van der Waals surface area (Å²) < 4.78 is 75.2. The van der Waals surface area contributed by atoms with Gasteiger partial charge in [-0.05, 0) is 6.07 Å². The molecular weight excluding hydrogens is 316 g/mol. The molecule has 1 rings (SSSR count). The number of rotatable bonds is 5. The molecule has 5 N–H and O–H groups in total. The van der Waals surface area contributed by atoms with Crippen molar-refractivity contribution in [2.75, 3.05) is 18.0 Å². The van der Waals surface area contributed by atoms with Gasteiger partial charge < -0.3 is 16.8 Å². The molecule has 0 unspecified atom stereocenters. The van der Waals surface area contributed by atoms with Crippen LogP contribution in [0.15, 0.2) is 12.1 Å². The van der Waals surface area contributed by atoms with Crippen LogP contribution in [0.4, 0.5) is 37.7 Å². The van der Waals surface area contributed by atoms with Crippen molar-refractivity contribution in [1.29, 1.82) is 0 Å². The van der Waals surface area contributed by atoms with Crippen LogP contribution in [0, 0.1) is 5.82 Å². The molecule has 0 aliphatic rings. The lowest BCUT2D eigenvalue weighted by atomic mass is 9.93. The van der Waals surface area contributed by atoms with Gasteiger partial charge in [0.2, 0.25) is 12.3 Å². The van der Waals surface area contributed by atoms with Crippen LogP contribution in [-0.2, 0) is 4.79 Å². The Balaban J connectivity index is 3.08. The van der Waals surface area contributed by atoms with E-state index >= 15 is 0 Å². The number of benzene rings is 1. The molecule has 0 radical (unpaired) electrons. The van der Waals surface area contributed by atoms with Gasteiger partial charge in [-0.3, -0.25) is 4.79 Å². The Hall–Kier alpha value is -2.13. The van der Waals surface area contributed by atoms with Crippen LogP contribution in [0.25, 0.3) is 0 Å². The smallest absolute Gasteiger partial charge is 0.397 e. The predicted octanol–water partition coefficient (Wildman–Crippen LogP) is 2.41. The van der Waals surface area contributed by atoms with Gasteiger partial charge in [0.1, 0.15) is 6.54 Å². The Bertz CT molecular complexity index is 546. The molecule has 0 spiro atoms. The van der Waals surface area contributed by atoms with Crippen molar-refractivity contribution in [2.24, 2.45) is 0 Å². The van der Waals surface area contributed by atoms with Crippen LogP contribution in [0.5, 0.6) is 0 Å². The van der Waals surface area contributed by atoms with Crippen LogP contribution in [0.2, 0.25) is 0 Å². The summed E-state index contributed by atoms with van der Waals surface area (Å²) in [6, 6.07) is 2.03. The van der Waals surface area contributed by atoms with Gasteiger partial charge in [0.05, 0.1) is 17.3 Å². The van der Waals surface area contributed by atoms with E-state index in [0.717, 1.165) is 12.1 Å². The van der Waals surface area contributed by atoms with Crippen LogP contribution in [0.3, 0.4) is 0 Å². The van der Waals surface area contributed by atoms with E-state index in [4.69, 9.17) is 11.5 Å². The maximum Gasteiger partial charge on any atom is 0.405 e. The zero-order valence-electron chi connectivity index (χ0n) is 11.1. The van der Waals surface area contributed by atoms with Crippen molar-refractivity contribution in [1.82, 2.24) is 5.32 Å². The van der Waals surface area contributed by atoms with Gasteiger partial charge >= 0.3 is 6.18 Å². The monoisotopic (exact) mass is 329 g/mol. The van der Waals surface area contributed by atoms with Gasteiger partial charge in [0.15, 0.2) is 5.82 Å². The van der Waals surface area contributed by atoms with Crippen molar-refractivity contribution in [2.45, 2.75) is 24.9 Å². The summed E-state index contributed by atoms with van der Waals surface area (Å²) in [5, 5.41) is 1.45. The summed E-state index contributed by atoms with van der Waals surface area (Å²) in [6.45, 7) is -1.71. The molecule has 0 bridgehead atoms. The lowest BCUT2D eigenvalue weighted by Crippen LogP contribution is -2.37. The quantitative estimate of drug-likeness (QED) is 0.573. The first-order valence-corrected chi connectivity index (χ1v) is 5.99. The first-order chi connectivity index (χ1) is 10.0. The van der Waals surface area contributed by atoms with Crippen molar-refractivity contribution in [3.8, 4) is 0 Å². The Morgan fingerprint density at radius 1 is 1.23 bits per heavy atom. The molecule has 1 aromatic rings. The molecule has 1 amide bonds. The van der Waals surface area contributed by atoms with Crippen LogP contribution in [0.1, 0.15) is 17.9 Å². The normalized spacial score (nSPS) is 13.2. The highest BCUT2D eigenvalue weighted by Gasteiger charge is 2.32. The summed E-state index contributed by atoms with van der Waals surface area (Å²) in [6.07, 6.45) is -8.90. The van der Waals surface area contributed by atoms with E-state index in [2.05, 4.69) is 0 Å². The molecule has 10 heteroatoms. The minimum atomic E-state index is -4.72. The summed E-state index contributed by atoms with van der Waals surface area (Å²) in [5.74, 6) is -4.39.